The van der Waals surface area contributed by atoms with Gasteiger partial charge in [0.1, 0.15) is 6.61 Å². The molecule has 0 saturated heterocycles. The molecule has 4 aromatic rings. The molecule has 0 spiro atoms. The Kier molecular flexibility index (Phi) is 7.11. The van der Waals surface area contributed by atoms with E-state index in [2.05, 4.69) is 28.8 Å². The Morgan fingerprint density at radius 1 is 1.22 bits per heavy atom. The van der Waals surface area contributed by atoms with Gasteiger partial charge < -0.3 is 24.7 Å². The molecule has 0 radical (unpaired) electrons. The van der Waals surface area contributed by atoms with E-state index in [-0.39, 0.29) is 22.9 Å². The number of fused-ring (bicyclic) bond motifs is 1. The van der Waals surface area contributed by atoms with E-state index in [4.69, 9.17) is 10.5 Å². The number of imidazole rings is 1. The van der Waals surface area contributed by atoms with Crippen LogP contribution in [0.5, 0.6) is 5.88 Å². The molecule has 190 valence electrons. The van der Waals surface area contributed by atoms with Gasteiger partial charge in [0.2, 0.25) is 11.8 Å². The van der Waals surface area contributed by atoms with E-state index in [1.54, 1.807) is 7.05 Å². The molecule has 0 amide bonds. The van der Waals surface area contributed by atoms with Crippen LogP contribution in [0.25, 0.3) is 22.3 Å². The highest BCUT2D eigenvalue weighted by molar-refractivity contribution is 5.95. The van der Waals surface area contributed by atoms with Crippen LogP contribution in [0.1, 0.15) is 30.2 Å². The summed E-state index contributed by atoms with van der Waals surface area (Å²) in [5.74, 6) is -0.251. The van der Waals surface area contributed by atoms with Crippen molar-refractivity contribution in [1.29, 1.82) is 0 Å². The van der Waals surface area contributed by atoms with Crippen LogP contribution in [0.4, 0.5) is 5.95 Å². The number of hydrogen-bond donors (Lipinski definition) is 2. The monoisotopic (exact) mass is 493 g/mol. The minimum Gasteiger partial charge on any atom is -0.478 e. The number of pyridine rings is 1. The van der Waals surface area contributed by atoms with Crippen LogP contribution in [-0.4, -0.2) is 66.1 Å². The van der Waals surface area contributed by atoms with Gasteiger partial charge in [-0.15, -0.1) is 0 Å². The molecule has 0 saturated carbocycles. The summed E-state index contributed by atoms with van der Waals surface area (Å²) >= 11 is 0. The van der Waals surface area contributed by atoms with Crippen molar-refractivity contribution >= 4 is 23.0 Å². The van der Waals surface area contributed by atoms with Crippen molar-refractivity contribution < 1.29 is 14.6 Å². The van der Waals surface area contributed by atoms with Gasteiger partial charge in [-0.25, -0.2) is 14.5 Å². The predicted octanol–water partition coefficient (Wildman–Crippen LogP) is 2.38. The average molecular weight is 494 g/mol. The average Bonchev–Trinajstić information content (AvgIpc) is 3.38. The van der Waals surface area contributed by atoms with E-state index in [1.165, 1.54) is 34.6 Å². The van der Waals surface area contributed by atoms with Gasteiger partial charge in [0, 0.05) is 39.3 Å². The summed E-state index contributed by atoms with van der Waals surface area (Å²) in [5, 5.41) is 13.9. The minimum absolute atomic E-state index is 0.00380. The Morgan fingerprint density at radius 3 is 2.69 bits per heavy atom. The fourth-order valence-electron chi connectivity index (χ4n) is 4.53. The number of carbonyl (C=O) groups is 1. The summed E-state index contributed by atoms with van der Waals surface area (Å²) in [5.41, 5.74) is 8.47. The van der Waals surface area contributed by atoms with Crippen molar-refractivity contribution in [1.82, 2.24) is 28.8 Å². The lowest BCUT2D eigenvalue weighted by molar-refractivity contribution is 0.0697. The Labute approximate surface area is 208 Å². The van der Waals surface area contributed by atoms with Crippen LogP contribution in [0.15, 0.2) is 47.4 Å². The second-order valence-electron chi connectivity index (χ2n) is 8.70. The van der Waals surface area contributed by atoms with Crippen molar-refractivity contribution in [3.05, 3.63) is 58.5 Å². The van der Waals surface area contributed by atoms with Gasteiger partial charge in [-0.2, -0.15) is 5.10 Å². The third kappa shape index (κ3) is 4.69. The van der Waals surface area contributed by atoms with Crippen LogP contribution in [-0.2, 0) is 14.1 Å². The SMILES string of the molecule is CCN(CCOc1c(-c2c(C(=O)O)ccc(=O)n2C)cnn1C)CC(C)n1c(N)nc2ccccc21. The van der Waals surface area contributed by atoms with Crippen molar-refractivity contribution in [2.75, 3.05) is 32.0 Å². The van der Waals surface area contributed by atoms with Gasteiger partial charge in [-0.3, -0.25) is 9.69 Å². The molecule has 4 rings (SSSR count). The smallest absolute Gasteiger partial charge is 0.337 e. The molecule has 3 N–H and O–H groups in total. The lowest BCUT2D eigenvalue weighted by Gasteiger charge is -2.26. The molecular formula is C25H31N7O4. The zero-order valence-electron chi connectivity index (χ0n) is 20.9. The zero-order valence-corrected chi connectivity index (χ0v) is 20.9. The number of carboxylic acids is 1. The number of aryl methyl sites for hydroxylation is 1. The number of nitrogen functional groups attached to an aromatic ring is 1. The van der Waals surface area contributed by atoms with Gasteiger partial charge in [0.25, 0.3) is 5.56 Å². The molecule has 0 aliphatic heterocycles. The van der Waals surface area contributed by atoms with E-state index < -0.39 is 5.97 Å². The first-order valence-corrected chi connectivity index (χ1v) is 11.8. The van der Waals surface area contributed by atoms with Gasteiger partial charge in [0.05, 0.1) is 34.1 Å². The highest BCUT2D eigenvalue weighted by Gasteiger charge is 2.22. The van der Waals surface area contributed by atoms with Crippen LogP contribution in [0, 0.1) is 0 Å². The maximum atomic E-state index is 12.2. The van der Waals surface area contributed by atoms with E-state index >= 15 is 0 Å². The van der Waals surface area contributed by atoms with Crippen LogP contribution < -0.4 is 16.0 Å². The van der Waals surface area contributed by atoms with Crippen molar-refractivity contribution in [3.8, 4) is 17.1 Å². The molecule has 0 aliphatic carbocycles. The topological polar surface area (TPSA) is 133 Å². The maximum absolute atomic E-state index is 12.2. The molecule has 3 heterocycles. The van der Waals surface area contributed by atoms with Gasteiger partial charge in [-0.05, 0) is 31.7 Å². The predicted molar refractivity (Wildman–Crippen MR) is 137 cm³/mol. The second kappa shape index (κ2) is 10.2. The first-order valence-electron chi connectivity index (χ1n) is 11.8. The molecule has 3 aromatic heterocycles. The fraction of sp³-hybridized carbons (Fsp3) is 0.360. The van der Waals surface area contributed by atoms with Gasteiger partial charge in [-0.1, -0.05) is 19.1 Å². The van der Waals surface area contributed by atoms with Crippen LogP contribution >= 0.6 is 0 Å². The van der Waals surface area contributed by atoms with Crippen LogP contribution in [0.3, 0.4) is 0 Å². The molecule has 11 heteroatoms. The highest BCUT2D eigenvalue weighted by Crippen LogP contribution is 2.31. The number of nitrogens with two attached hydrogens (primary N) is 1. The first-order chi connectivity index (χ1) is 17.2. The number of carboxylic acid groups (broad SMARTS) is 1. The number of rotatable bonds is 10. The fourth-order valence-corrected chi connectivity index (χ4v) is 4.53. The Bertz CT molecular complexity index is 1450. The largest absolute Gasteiger partial charge is 0.478 e. The molecule has 36 heavy (non-hydrogen) atoms. The standard InChI is InChI=1S/C25H31N7O4/c1-5-31(15-16(2)32-20-9-7-6-8-19(20)28-25(32)26)12-13-36-23-18(14-27-30(23)4)22-17(24(34)35)10-11-21(33)29(22)3/h6-11,14,16H,5,12-13,15H2,1-4H3,(H2,26,28)(H,34,35). The van der Waals surface area contributed by atoms with Crippen LogP contribution in [0.2, 0.25) is 0 Å². The zero-order chi connectivity index (χ0) is 26.0. The lowest BCUT2D eigenvalue weighted by Crippen LogP contribution is -2.33. The third-order valence-corrected chi connectivity index (χ3v) is 6.36. The third-order valence-electron chi connectivity index (χ3n) is 6.36. The summed E-state index contributed by atoms with van der Waals surface area (Å²) in [6, 6.07) is 10.5. The van der Waals surface area contributed by atoms with E-state index in [0.717, 1.165) is 24.1 Å². The second-order valence-corrected chi connectivity index (χ2v) is 8.70. The summed E-state index contributed by atoms with van der Waals surface area (Å²) in [4.78, 5) is 30.8. The van der Waals surface area contributed by atoms with Crippen molar-refractivity contribution in [3.63, 3.8) is 0 Å². The maximum Gasteiger partial charge on any atom is 0.337 e. The molecule has 0 aliphatic rings. The molecule has 11 nitrogen and oxygen atoms in total. The summed E-state index contributed by atoms with van der Waals surface area (Å²) in [7, 11) is 3.25. The number of nitrogens with zero attached hydrogens (tertiary/aromatic N) is 6. The normalized spacial score (nSPS) is 12.4. The Hall–Kier alpha value is -4.12. The van der Waals surface area contributed by atoms with E-state index in [9.17, 15) is 14.7 Å². The number of ether oxygens (including phenoxy) is 1. The first kappa shape index (κ1) is 25.0. The number of benzene rings is 1. The Morgan fingerprint density at radius 2 is 1.97 bits per heavy atom. The minimum atomic E-state index is -1.13. The summed E-state index contributed by atoms with van der Waals surface area (Å²) in [6.07, 6.45) is 1.52. The van der Waals surface area contributed by atoms with Gasteiger partial charge >= 0.3 is 5.97 Å². The number of aromatic carboxylic acids is 1. The number of para-hydroxylation sites is 2. The van der Waals surface area contributed by atoms with Crippen molar-refractivity contribution in [2.45, 2.75) is 19.9 Å². The molecule has 1 aromatic carbocycles. The molecule has 0 bridgehead atoms. The summed E-state index contributed by atoms with van der Waals surface area (Å²) in [6.45, 7) is 6.69. The highest BCUT2D eigenvalue weighted by atomic mass is 16.5. The quantitative estimate of drug-likeness (QED) is 0.344. The molecule has 0 fully saturated rings. The molecular weight excluding hydrogens is 462 g/mol. The molecule has 1 unspecified atom stereocenters. The van der Waals surface area contributed by atoms with E-state index in [0.29, 0.717) is 30.5 Å². The number of aromatic nitrogens is 5. The van der Waals surface area contributed by atoms with Gasteiger partial charge in [0.15, 0.2) is 0 Å². The van der Waals surface area contributed by atoms with E-state index in [1.807, 2.05) is 28.8 Å². The Balaban J connectivity index is 1.50. The summed E-state index contributed by atoms with van der Waals surface area (Å²) < 4.78 is 11.0. The number of anilines is 1. The number of likely N-dealkylation sites (N-methyl/N-ethyl adjacent to an activating group) is 1. The van der Waals surface area contributed by atoms with Crippen molar-refractivity contribution in [2.24, 2.45) is 14.1 Å². The lowest BCUT2D eigenvalue weighted by atomic mass is 10.1. The molecule has 1 atom stereocenters. The number of hydrogen-bond acceptors (Lipinski definition) is 7.